The summed E-state index contributed by atoms with van der Waals surface area (Å²) in [5.74, 6) is -0.928. The standard InChI is InChI=1S/C16H15F2N/c17-13-6-7-15(18)14(9-13)16(19)12-5-4-10-2-1-3-11(10)8-12/h4-9,16H,1-3,19H2. The number of rotatable bonds is 2. The van der Waals surface area contributed by atoms with Gasteiger partial charge >= 0.3 is 0 Å². The van der Waals surface area contributed by atoms with Crippen molar-refractivity contribution in [3.8, 4) is 0 Å². The Morgan fingerprint density at radius 3 is 2.58 bits per heavy atom. The first-order valence-corrected chi connectivity index (χ1v) is 6.47. The zero-order valence-electron chi connectivity index (χ0n) is 10.5. The number of hydrogen-bond donors (Lipinski definition) is 1. The van der Waals surface area contributed by atoms with Gasteiger partial charge in [-0.25, -0.2) is 8.78 Å². The molecule has 0 aromatic heterocycles. The molecule has 1 unspecified atom stereocenters. The molecule has 0 amide bonds. The van der Waals surface area contributed by atoms with Crippen molar-refractivity contribution in [1.82, 2.24) is 0 Å². The summed E-state index contributed by atoms with van der Waals surface area (Å²) in [5, 5.41) is 0. The molecule has 0 bridgehead atoms. The molecule has 98 valence electrons. The van der Waals surface area contributed by atoms with E-state index in [0.717, 1.165) is 37.0 Å². The highest BCUT2D eigenvalue weighted by Gasteiger charge is 2.17. The molecule has 3 rings (SSSR count). The van der Waals surface area contributed by atoms with Gasteiger partial charge in [-0.2, -0.15) is 0 Å². The van der Waals surface area contributed by atoms with E-state index in [1.54, 1.807) is 0 Å². The van der Waals surface area contributed by atoms with Crippen molar-refractivity contribution in [3.05, 3.63) is 70.3 Å². The van der Waals surface area contributed by atoms with E-state index in [4.69, 9.17) is 5.73 Å². The normalized spacial score (nSPS) is 15.3. The van der Waals surface area contributed by atoms with Crippen molar-refractivity contribution in [2.45, 2.75) is 25.3 Å². The minimum Gasteiger partial charge on any atom is -0.320 e. The van der Waals surface area contributed by atoms with Gasteiger partial charge in [0, 0.05) is 5.56 Å². The highest BCUT2D eigenvalue weighted by Crippen LogP contribution is 2.28. The first-order valence-electron chi connectivity index (χ1n) is 6.47. The zero-order valence-corrected chi connectivity index (χ0v) is 10.5. The predicted molar refractivity (Wildman–Crippen MR) is 70.9 cm³/mol. The third-order valence-corrected chi connectivity index (χ3v) is 3.77. The van der Waals surface area contributed by atoms with Crippen LogP contribution in [0.5, 0.6) is 0 Å². The van der Waals surface area contributed by atoms with Crippen molar-refractivity contribution in [2.75, 3.05) is 0 Å². The summed E-state index contributed by atoms with van der Waals surface area (Å²) >= 11 is 0. The van der Waals surface area contributed by atoms with Gasteiger partial charge in [-0.05, 0) is 54.2 Å². The Balaban J connectivity index is 1.99. The van der Waals surface area contributed by atoms with Crippen molar-refractivity contribution in [2.24, 2.45) is 5.73 Å². The summed E-state index contributed by atoms with van der Waals surface area (Å²) < 4.78 is 27.0. The lowest BCUT2D eigenvalue weighted by Gasteiger charge is -2.15. The molecule has 0 saturated carbocycles. The Kier molecular flexibility index (Phi) is 3.07. The summed E-state index contributed by atoms with van der Waals surface area (Å²) in [5.41, 5.74) is 9.74. The molecule has 2 N–H and O–H groups in total. The van der Waals surface area contributed by atoms with Gasteiger partial charge in [0.2, 0.25) is 0 Å². The van der Waals surface area contributed by atoms with Gasteiger partial charge in [0.05, 0.1) is 6.04 Å². The van der Waals surface area contributed by atoms with Gasteiger partial charge in [0.15, 0.2) is 0 Å². The van der Waals surface area contributed by atoms with Crippen LogP contribution in [0, 0.1) is 11.6 Å². The smallest absolute Gasteiger partial charge is 0.128 e. The largest absolute Gasteiger partial charge is 0.320 e. The fourth-order valence-electron chi connectivity index (χ4n) is 2.72. The molecular weight excluding hydrogens is 244 g/mol. The average Bonchev–Trinajstić information content (AvgIpc) is 2.88. The molecule has 1 nitrogen and oxygen atoms in total. The molecular formula is C16H15F2N. The Hall–Kier alpha value is -1.74. The van der Waals surface area contributed by atoms with Crippen LogP contribution in [0.25, 0.3) is 0 Å². The van der Waals surface area contributed by atoms with Crippen LogP contribution in [-0.4, -0.2) is 0 Å². The summed E-state index contributed by atoms with van der Waals surface area (Å²) in [6.45, 7) is 0. The number of nitrogens with two attached hydrogens (primary N) is 1. The van der Waals surface area contributed by atoms with Gasteiger partial charge in [-0.15, -0.1) is 0 Å². The molecule has 3 heteroatoms. The van der Waals surface area contributed by atoms with E-state index >= 15 is 0 Å². The van der Waals surface area contributed by atoms with E-state index in [1.807, 2.05) is 12.1 Å². The third kappa shape index (κ3) is 2.26. The maximum Gasteiger partial charge on any atom is 0.128 e. The summed E-state index contributed by atoms with van der Waals surface area (Å²) in [6, 6.07) is 8.77. The van der Waals surface area contributed by atoms with Crippen molar-refractivity contribution in [3.63, 3.8) is 0 Å². The van der Waals surface area contributed by atoms with E-state index in [1.165, 1.54) is 17.2 Å². The molecule has 0 spiro atoms. The SMILES string of the molecule is NC(c1ccc2c(c1)CCC2)c1cc(F)ccc1F. The van der Waals surface area contributed by atoms with Crippen LogP contribution >= 0.6 is 0 Å². The second-order valence-electron chi connectivity index (χ2n) is 5.03. The van der Waals surface area contributed by atoms with Crippen LogP contribution in [0.2, 0.25) is 0 Å². The van der Waals surface area contributed by atoms with Crippen LogP contribution in [0.4, 0.5) is 8.78 Å². The monoisotopic (exact) mass is 259 g/mol. The molecule has 1 aliphatic rings. The predicted octanol–water partition coefficient (Wildman–Crippen LogP) is 3.50. The molecule has 0 fully saturated rings. The first kappa shape index (κ1) is 12.3. The third-order valence-electron chi connectivity index (χ3n) is 3.77. The Morgan fingerprint density at radius 1 is 0.947 bits per heavy atom. The highest BCUT2D eigenvalue weighted by atomic mass is 19.1. The summed E-state index contributed by atoms with van der Waals surface area (Å²) in [6.07, 6.45) is 3.29. The van der Waals surface area contributed by atoms with E-state index in [0.29, 0.717) is 0 Å². The lowest BCUT2D eigenvalue weighted by atomic mass is 9.96. The van der Waals surface area contributed by atoms with Crippen LogP contribution in [-0.2, 0) is 12.8 Å². The fraction of sp³-hybridized carbons (Fsp3) is 0.250. The maximum absolute atomic E-state index is 13.7. The van der Waals surface area contributed by atoms with Crippen LogP contribution < -0.4 is 5.73 Å². The van der Waals surface area contributed by atoms with E-state index < -0.39 is 17.7 Å². The Morgan fingerprint density at radius 2 is 1.74 bits per heavy atom. The van der Waals surface area contributed by atoms with Gasteiger partial charge in [0.1, 0.15) is 11.6 Å². The molecule has 0 saturated heterocycles. The van der Waals surface area contributed by atoms with Crippen molar-refractivity contribution < 1.29 is 8.78 Å². The second kappa shape index (κ2) is 4.74. The second-order valence-corrected chi connectivity index (χ2v) is 5.03. The lowest BCUT2D eigenvalue weighted by molar-refractivity contribution is 0.576. The van der Waals surface area contributed by atoms with Gasteiger partial charge in [-0.3, -0.25) is 0 Å². The fourth-order valence-corrected chi connectivity index (χ4v) is 2.72. The average molecular weight is 259 g/mol. The highest BCUT2D eigenvalue weighted by molar-refractivity contribution is 5.40. The molecule has 2 aromatic rings. The minimum absolute atomic E-state index is 0.206. The van der Waals surface area contributed by atoms with Gasteiger partial charge in [0.25, 0.3) is 0 Å². The van der Waals surface area contributed by atoms with Crippen molar-refractivity contribution >= 4 is 0 Å². The molecule has 19 heavy (non-hydrogen) atoms. The van der Waals surface area contributed by atoms with E-state index in [-0.39, 0.29) is 5.56 Å². The molecule has 1 atom stereocenters. The number of benzene rings is 2. The number of halogens is 2. The van der Waals surface area contributed by atoms with Crippen LogP contribution in [0.15, 0.2) is 36.4 Å². The quantitative estimate of drug-likeness (QED) is 0.877. The zero-order chi connectivity index (χ0) is 13.4. The number of fused-ring (bicyclic) bond motifs is 1. The molecule has 1 aliphatic carbocycles. The van der Waals surface area contributed by atoms with E-state index in [9.17, 15) is 8.78 Å². The summed E-state index contributed by atoms with van der Waals surface area (Å²) in [7, 11) is 0. The molecule has 2 aromatic carbocycles. The lowest BCUT2D eigenvalue weighted by Crippen LogP contribution is -2.14. The topological polar surface area (TPSA) is 26.0 Å². The number of hydrogen-bond acceptors (Lipinski definition) is 1. The molecule has 0 heterocycles. The first-order chi connectivity index (χ1) is 9.15. The van der Waals surface area contributed by atoms with Gasteiger partial charge in [-0.1, -0.05) is 18.2 Å². The van der Waals surface area contributed by atoms with Crippen LogP contribution in [0.3, 0.4) is 0 Å². The Bertz CT molecular complexity index is 622. The number of aryl methyl sites for hydroxylation is 2. The van der Waals surface area contributed by atoms with Crippen LogP contribution in [0.1, 0.15) is 34.7 Å². The molecule has 0 aliphatic heterocycles. The van der Waals surface area contributed by atoms with E-state index in [2.05, 4.69) is 6.07 Å². The maximum atomic E-state index is 13.7. The summed E-state index contributed by atoms with van der Waals surface area (Å²) in [4.78, 5) is 0. The Labute approximate surface area is 111 Å². The molecule has 0 radical (unpaired) electrons. The van der Waals surface area contributed by atoms with Crippen molar-refractivity contribution in [1.29, 1.82) is 0 Å². The van der Waals surface area contributed by atoms with Gasteiger partial charge < -0.3 is 5.73 Å². The minimum atomic E-state index is -0.624.